The molecule has 0 aliphatic rings. The molecule has 1 heterocycles. The number of esters is 1. The fraction of sp³-hybridized carbons (Fsp3) is 0.500. The van der Waals surface area contributed by atoms with Crippen molar-refractivity contribution < 1.29 is 14.3 Å². The molecular formula is C12H16ClN3O3. The molecule has 6 nitrogen and oxygen atoms in total. The molecule has 1 rings (SSSR count). The predicted octanol–water partition coefficient (Wildman–Crippen LogP) is 1.45. The zero-order valence-corrected chi connectivity index (χ0v) is 11.8. The monoisotopic (exact) mass is 285 g/mol. The minimum atomic E-state index is -0.699. The van der Waals surface area contributed by atoms with Crippen molar-refractivity contribution in [2.75, 3.05) is 7.11 Å². The van der Waals surface area contributed by atoms with Gasteiger partial charge in [0.2, 0.25) is 0 Å². The zero-order valence-electron chi connectivity index (χ0n) is 11.0. The van der Waals surface area contributed by atoms with Crippen LogP contribution in [0.5, 0.6) is 0 Å². The third-order valence-electron chi connectivity index (χ3n) is 2.36. The van der Waals surface area contributed by atoms with Crippen molar-refractivity contribution in [2.24, 2.45) is 5.92 Å². The van der Waals surface area contributed by atoms with Gasteiger partial charge in [-0.1, -0.05) is 25.4 Å². The van der Waals surface area contributed by atoms with Gasteiger partial charge in [0.05, 0.1) is 7.11 Å². The van der Waals surface area contributed by atoms with Gasteiger partial charge in [-0.05, 0) is 24.5 Å². The standard InChI is InChI=1S/C12H16ClN3O3/c1-7(2)6-9(12(18)19-3)14-11(17)8-4-5-10(13)16-15-8/h4-5,7,9H,6H2,1-3H3,(H,14,17). The van der Waals surface area contributed by atoms with E-state index in [-0.39, 0.29) is 16.8 Å². The van der Waals surface area contributed by atoms with E-state index >= 15 is 0 Å². The Morgan fingerprint density at radius 3 is 2.53 bits per heavy atom. The Bertz CT molecular complexity index is 448. The van der Waals surface area contributed by atoms with E-state index < -0.39 is 17.9 Å². The smallest absolute Gasteiger partial charge is 0.328 e. The second-order valence-electron chi connectivity index (χ2n) is 4.42. The largest absolute Gasteiger partial charge is 0.467 e. The van der Waals surface area contributed by atoms with Crippen LogP contribution in [0.25, 0.3) is 0 Å². The molecule has 0 aliphatic heterocycles. The normalized spacial score (nSPS) is 12.1. The summed E-state index contributed by atoms with van der Waals surface area (Å²) in [5.74, 6) is -0.732. The highest BCUT2D eigenvalue weighted by molar-refractivity contribution is 6.29. The van der Waals surface area contributed by atoms with Crippen LogP contribution in [0.3, 0.4) is 0 Å². The van der Waals surface area contributed by atoms with E-state index in [1.807, 2.05) is 13.8 Å². The Morgan fingerprint density at radius 2 is 2.05 bits per heavy atom. The summed E-state index contributed by atoms with van der Waals surface area (Å²) >= 11 is 5.58. The molecule has 1 aromatic rings. The van der Waals surface area contributed by atoms with Gasteiger partial charge in [0, 0.05) is 0 Å². The SMILES string of the molecule is COC(=O)C(CC(C)C)NC(=O)c1ccc(Cl)nn1. The van der Waals surface area contributed by atoms with Gasteiger partial charge in [-0.15, -0.1) is 10.2 Å². The van der Waals surface area contributed by atoms with Crippen LogP contribution >= 0.6 is 11.6 Å². The Kier molecular flexibility index (Phi) is 5.69. The van der Waals surface area contributed by atoms with Crippen molar-refractivity contribution in [1.82, 2.24) is 15.5 Å². The number of hydrogen-bond acceptors (Lipinski definition) is 5. The van der Waals surface area contributed by atoms with Crippen molar-refractivity contribution in [3.8, 4) is 0 Å². The summed E-state index contributed by atoms with van der Waals surface area (Å²) < 4.78 is 4.66. The average Bonchev–Trinajstić information content (AvgIpc) is 2.37. The average molecular weight is 286 g/mol. The van der Waals surface area contributed by atoms with Crippen molar-refractivity contribution in [3.63, 3.8) is 0 Å². The quantitative estimate of drug-likeness (QED) is 0.828. The van der Waals surface area contributed by atoms with E-state index in [4.69, 9.17) is 11.6 Å². The molecule has 0 bridgehead atoms. The van der Waals surface area contributed by atoms with Crippen molar-refractivity contribution >= 4 is 23.5 Å². The number of amides is 1. The van der Waals surface area contributed by atoms with Crippen LogP contribution < -0.4 is 5.32 Å². The van der Waals surface area contributed by atoms with Gasteiger partial charge in [0.15, 0.2) is 10.8 Å². The van der Waals surface area contributed by atoms with E-state index in [0.717, 1.165) is 0 Å². The van der Waals surface area contributed by atoms with E-state index in [1.54, 1.807) is 0 Å². The summed E-state index contributed by atoms with van der Waals surface area (Å²) in [5, 5.41) is 9.99. The molecule has 0 aromatic carbocycles. The molecule has 0 spiro atoms. The molecule has 1 N–H and O–H groups in total. The topological polar surface area (TPSA) is 81.2 Å². The summed E-state index contributed by atoms with van der Waals surface area (Å²) in [4.78, 5) is 23.5. The minimum Gasteiger partial charge on any atom is -0.467 e. The Balaban J connectivity index is 2.75. The number of carbonyl (C=O) groups excluding carboxylic acids is 2. The van der Waals surface area contributed by atoms with Crippen LogP contribution in [-0.4, -0.2) is 35.2 Å². The van der Waals surface area contributed by atoms with Gasteiger partial charge >= 0.3 is 5.97 Å². The Hall–Kier alpha value is -1.69. The Morgan fingerprint density at radius 1 is 1.37 bits per heavy atom. The van der Waals surface area contributed by atoms with Gasteiger partial charge in [-0.3, -0.25) is 4.79 Å². The molecule has 1 aromatic heterocycles. The number of rotatable bonds is 5. The lowest BCUT2D eigenvalue weighted by Gasteiger charge is -2.17. The summed E-state index contributed by atoms with van der Waals surface area (Å²) in [7, 11) is 1.28. The zero-order chi connectivity index (χ0) is 14.4. The lowest BCUT2D eigenvalue weighted by Crippen LogP contribution is -2.42. The van der Waals surface area contributed by atoms with E-state index in [9.17, 15) is 9.59 Å². The summed E-state index contributed by atoms with van der Waals surface area (Å²) in [5.41, 5.74) is 0.0991. The molecule has 0 saturated carbocycles. The Labute approximate surface area is 116 Å². The van der Waals surface area contributed by atoms with Gasteiger partial charge in [-0.2, -0.15) is 0 Å². The molecule has 1 amide bonds. The van der Waals surface area contributed by atoms with Crippen LogP contribution in [-0.2, 0) is 9.53 Å². The number of carbonyl (C=O) groups is 2. The maximum absolute atomic E-state index is 11.9. The number of halogens is 1. The lowest BCUT2D eigenvalue weighted by molar-refractivity contribution is -0.143. The number of aromatic nitrogens is 2. The molecule has 0 radical (unpaired) electrons. The molecule has 0 aliphatic carbocycles. The first-order valence-corrected chi connectivity index (χ1v) is 6.19. The number of nitrogens with zero attached hydrogens (tertiary/aromatic N) is 2. The molecule has 1 unspecified atom stereocenters. The van der Waals surface area contributed by atoms with E-state index in [2.05, 4.69) is 20.3 Å². The van der Waals surface area contributed by atoms with Crippen LogP contribution in [0.1, 0.15) is 30.8 Å². The van der Waals surface area contributed by atoms with Gasteiger partial charge < -0.3 is 10.1 Å². The molecule has 19 heavy (non-hydrogen) atoms. The highest BCUT2D eigenvalue weighted by Gasteiger charge is 2.23. The van der Waals surface area contributed by atoms with Crippen LogP contribution in [0.15, 0.2) is 12.1 Å². The minimum absolute atomic E-state index is 0.0991. The van der Waals surface area contributed by atoms with Crippen LogP contribution in [0, 0.1) is 5.92 Å². The van der Waals surface area contributed by atoms with Crippen molar-refractivity contribution in [3.05, 3.63) is 23.0 Å². The predicted molar refractivity (Wildman–Crippen MR) is 69.8 cm³/mol. The molecule has 1 atom stereocenters. The van der Waals surface area contributed by atoms with Crippen LogP contribution in [0.4, 0.5) is 0 Å². The van der Waals surface area contributed by atoms with Gasteiger partial charge in [0.25, 0.3) is 5.91 Å². The fourth-order valence-electron chi connectivity index (χ4n) is 1.50. The maximum Gasteiger partial charge on any atom is 0.328 e. The molecule has 0 fully saturated rings. The number of nitrogens with one attached hydrogen (secondary N) is 1. The van der Waals surface area contributed by atoms with Crippen molar-refractivity contribution in [2.45, 2.75) is 26.3 Å². The highest BCUT2D eigenvalue weighted by Crippen LogP contribution is 2.08. The second-order valence-corrected chi connectivity index (χ2v) is 4.81. The molecule has 104 valence electrons. The maximum atomic E-state index is 11.9. The summed E-state index contributed by atoms with van der Waals surface area (Å²) in [6, 6.07) is 2.20. The number of hydrogen-bond donors (Lipinski definition) is 1. The summed E-state index contributed by atoms with van der Waals surface area (Å²) in [6.45, 7) is 3.90. The molecule has 0 saturated heterocycles. The summed E-state index contributed by atoms with van der Waals surface area (Å²) in [6.07, 6.45) is 0.486. The first kappa shape index (κ1) is 15.4. The van der Waals surface area contributed by atoms with Crippen molar-refractivity contribution in [1.29, 1.82) is 0 Å². The molecule has 7 heteroatoms. The number of methoxy groups -OCH3 is 1. The van der Waals surface area contributed by atoms with E-state index in [1.165, 1.54) is 19.2 Å². The highest BCUT2D eigenvalue weighted by atomic mass is 35.5. The van der Waals surface area contributed by atoms with Gasteiger partial charge in [-0.25, -0.2) is 4.79 Å². The van der Waals surface area contributed by atoms with Crippen LogP contribution in [0.2, 0.25) is 5.15 Å². The first-order valence-electron chi connectivity index (χ1n) is 5.82. The lowest BCUT2D eigenvalue weighted by atomic mass is 10.0. The number of ether oxygens (including phenoxy) is 1. The van der Waals surface area contributed by atoms with E-state index in [0.29, 0.717) is 6.42 Å². The fourth-order valence-corrected chi connectivity index (χ4v) is 1.60. The third-order valence-corrected chi connectivity index (χ3v) is 2.56. The molecular weight excluding hydrogens is 270 g/mol. The third kappa shape index (κ3) is 4.82. The van der Waals surface area contributed by atoms with Gasteiger partial charge in [0.1, 0.15) is 6.04 Å². The second kappa shape index (κ2) is 7.04. The first-order chi connectivity index (χ1) is 8.93.